The Kier molecular flexibility index (Phi) is 3.80. The van der Waals surface area contributed by atoms with Gasteiger partial charge in [0.05, 0.1) is 5.60 Å². The molecule has 1 aromatic rings. The lowest BCUT2D eigenvalue weighted by Gasteiger charge is -2.28. The first kappa shape index (κ1) is 12.5. The van der Waals surface area contributed by atoms with E-state index in [9.17, 15) is 5.11 Å². The van der Waals surface area contributed by atoms with Crippen molar-refractivity contribution in [3.63, 3.8) is 0 Å². The SMILES string of the molecule is CCc1cc([C@](C)(O)C(C)C)ccc1Cl. The first-order valence-electron chi connectivity index (χ1n) is 5.40. The summed E-state index contributed by atoms with van der Waals surface area (Å²) in [5, 5.41) is 11.1. The monoisotopic (exact) mass is 226 g/mol. The number of aryl methyl sites for hydroxylation is 1. The Morgan fingerprint density at radius 3 is 2.47 bits per heavy atom. The third-order valence-corrected chi connectivity index (χ3v) is 3.50. The van der Waals surface area contributed by atoms with Gasteiger partial charge in [-0.1, -0.05) is 44.5 Å². The highest BCUT2D eigenvalue weighted by Gasteiger charge is 2.27. The van der Waals surface area contributed by atoms with Gasteiger partial charge in [-0.2, -0.15) is 0 Å². The molecule has 15 heavy (non-hydrogen) atoms. The van der Waals surface area contributed by atoms with Crippen LogP contribution >= 0.6 is 11.6 Å². The Bertz CT molecular complexity index is 342. The van der Waals surface area contributed by atoms with Crippen molar-refractivity contribution in [1.82, 2.24) is 0 Å². The van der Waals surface area contributed by atoms with Crippen LogP contribution in [0.4, 0.5) is 0 Å². The summed E-state index contributed by atoms with van der Waals surface area (Å²) >= 11 is 6.04. The van der Waals surface area contributed by atoms with Crippen molar-refractivity contribution in [3.8, 4) is 0 Å². The smallest absolute Gasteiger partial charge is 0.0891 e. The average molecular weight is 227 g/mol. The first-order valence-corrected chi connectivity index (χ1v) is 5.78. The Balaban J connectivity index is 3.16. The van der Waals surface area contributed by atoms with E-state index >= 15 is 0 Å². The van der Waals surface area contributed by atoms with Gasteiger partial charge in [-0.3, -0.25) is 0 Å². The molecule has 0 fully saturated rings. The Morgan fingerprint density at radius 1 is 1.40 bits per heavy atom. The predicted octanol–water partition coefficient (Wildman–Crippen LogP) is 3.77. The van der Waals surface area contributed by atoms with Crippen LogP contribution in [0.2, 0.25) is 5.02 Å². The van der Waals surface area contributed by atoms with E-state index in [0.717, 1.165) is 22.6 Å². The summed E-state index contributed by atoms with van der Waals surface area (Å²) in [5.41, 5.74) is 1.25. The molecule has 0 aliphatic rings. The van der Waals surface area contributed by atoms with Gasteiger partial charge in [-0.15, -0.1) is 0 Å². The van der Waals surface area contributed by atoms with Crippen LogP contribution in [-0.2, 0) is 12.0 Å². The lowest BCUT2D eigenvalue weighted by Crippen LogP contribution is -2.28. The molecule has 1 nitrogen and oxygen atoms in total. The molecule has 0 bridgehead atoms. The summed E-state index contributed by atoms with van der Waals surface area (Å²) in [5.74, 6) is 0.184. The second kappa shape index (κ2) is 4.54. The van der Waals surface area contributed by atoms with E-state index in [1.54, 1.807) is 0 Å². The van der Waals surface area contributed by atoms with Crippen LogP contribution < -0.4 is 0 Å². The fraction of sp³-hybridized carbons (Fsp3) is 0.538. The fourth-order valence-corrected chi connectivity index (χ4v) is 1.75. The molecule has 0 heterocycles. The van der Waals surface area contributed by atoms with Crippen LogP contribution in [0.15, 0.2) is 18.2 Å². The molecule has 0 unspecified atom stereocenters. The quantitative estimate of drug-likeness (QED) is 0.832. The molecular formula is C13H19ClO. The third-order valence-electron chi connectivity index (χ3n) is 3.14. The van der Waals surface area contributed by atoms with Crippen LogP contribution in [0.3, 0.4) is 0 Å². The van der Waals surface area contributed by atoms with Crippen LogP contribution in [-0.4, -0.2) is 5.11 Å². The fourth-order valence-electron chi connectivity index (χ4n) is 1.49. The average Bonchev–Trinajstić information content (AvgIpc) is 2.18. The maximum atomic E-state index is 10.3. The van der Waals surface area contributed by atoms with Crippen LogP contribution in [0.25, 0.3) is 0 Å². The van der Waals surface area contributed by atoms with Gasteiger partial charge >= 0.3 is 0 Å². The van der Waals surface area contributed by atoms with Gasteiger partial charge in [-0.25, -0.2) is 0 Å². The Morgan fingerprint density at radius 2 is 2.00 bits per heavy atom. The molecule has 2 heteroatoms. The number of halogens is 1. The van der Waals surface area contributed by atoms with Crippen molar-refractivity contribution >= 4 is 11.6 Å². The summed E-state index contributed by atoms with van der Waals surface area (Å²) < 4.78 is 0. The summed E-state index contributed by atoms with van der Waals surface area (Å²) in [6.45, 7) is 7.94. The van der Waals surface area contributed by atoms with Crippen molar-refractivity contribution in [2.75, 3.05) is 0 Å². The van der Waals surface area contributed by atoms with E-state index < -0.39 is 5.60 Å². The van der Waals surface area contributed by atoms with E-state index in [1.165, 1.54) is 0 Å². The summed E-state index contributed by atoms with van der Waals surface area (Å²) in [6, 6.07) is 5.77. The standard InChI is InChI=1S/C13H19ClO/c1-5-10-8-11(6-7-12(10)14)13(4,15)9(2)3/h6-9,15H,5H2,1-4H3/t13-/m1/s1. The zero-order valence-electron chi connectivity index (χ0n) is 9.84. The van der Waals surface area contributed by atoms with Crippen LogP contribution in [0.1, 0.15) is 38.8 Å². The van der Waals surface area contributed by atoms with Crippen molar-refractivity contribution in [2.45, 2.75) is 39.7 Å². The van der Waals surface area contributed by atoms with Crippen molar-refractivity contribution in [1.29, 1.82) is 0 Å². The molecule has 1 atom stereocenters. The van der Waals surface area contributed by atoms with Crippen molar-refractivity contribution < 1.29 is 5.11 Å². The molecule has 0 amide bonds. The molecule has 1 rings (SSSR count). The molecule has 1 aromatic carbocycles. The van der Waals surface area contributed by atoms with E-state index in [2.05, 4.69) is 6.92 Å². The topological polar surface area (TPSA) is 20.2 Å². The lowest BCUT2D eigenvalue weighted by molar-refractivity contribution is 0.00899. The molecule has 0 aromatic heterocycles. The Hall–Kier alpha value is -0.530. The molecule has 0 aliphatic carbocycles. The molecule has 0 saturated carbocycles. The van der Waals surface area contributed by atoms with E-state index in [0.29, 0.717) is 0 Å². The van der Waals surface area contributed by atoms with Gasteiger partial charge in [0.1, 0.15) is 0 Å². The van der Waals surface area contributed by atoms with Gasteiger partial charge in [0.2, 0.25) is 0 Å². The number of benzene rings is 1. The van der Waals surface area contributed by atoms with Gasteiger partial charge in [-0.05, 0) is 36.5 Å². The third kappa shape index (κ3) is 2.53. The number of hydrogen-bond donors (Lipinski definition) is 1. The molecule has 0 radical (unpaired) electrons. The minimum Gasteiger partial charge on any atom is -0.385 e. The second-order valence-corrected chi connectivity index (χ2v) is 4.87. The minimum absolute atomic E-state index is 0.184. The van der Waals surface area contributed by atoms with Crippen molar-refractivity contribution in [2.24, 2.45) is 5.92 Å². The van der Waals surface area contributed by atoms with E-state index in [-0.39, 0.29) is 5.92 Å². The van der Waals surface area contributed by atoms with Gasteiger partial charge in [0, 0.05) is 5.02 Å². The van der Waals surface area contributed by atoms with Crippen molar-refractivity contribution in [3.05, 3.63) is 34.3 Å². The highest BCUT2D eigenvalue weighted by atomic mass is 35.5. The van der Waals surface area contributed by atoms with Gasteiger partial charge in [0.15, 0.2) is 0 Å². The van der Waals surface area contributed by atoms with Gasteiger partial charge < -0.3 is 5.11 Å². The summed E-state index contributed by atoms with van der Waals surface area (Å²) in [7, 11) is 0. The molecule has 1 N–H and O–H groups in total. The second-order valence-electron chi connectivity index (χ2n) is 4.46. The maximum absolute atomic E-state index is 10.3. The first-order chi connectivity index (χ1) is 6.89. The highest BCUT2D eigenvalue weighted by molar-refractivity contribution is 6.31. The molecule has 0 spiro atoms. The van der Waals surface area contributed by atoms with Gasteiger partial charge in [0.25, 0.3) is 0 Å². The number of hydrogen-bond acceptors (Lipinski definition) is 1. The Labute approximate surface area is 97.1 Å². The zero-order valence-corrected chi connectivity index (χ0v) is 10.6. The van der Waals surface area contributed by atoms with E-state index in [1.807, 2.05) is 39.0 Å². The largest absolute Gasteiger partial charge is 0.385 e. The highest BCUT2D eigenvalue weighted by Crippen LogP contribution is 2.31. The predicted molar refractivity (Wildman–Crippen MR) is 65.2 cm³/mol. The maximum Gasteiger partial charge on any atom is 0.0891 e. The minimum atomic E-state index is -0.783. The normalized spacial score (nSPS) is 15.4. The number of rotatable bonds is 3. The van der Waals surface area contributed by atoms with Crippen LogP contribution in [0.5, 0.6) is 0 Å². The summed E-state index contributed by atoms with van der Waals surface area (Å²) in [6.07, 6.45) is 0.890. The zero-order chi connectivity index (χ0) is 11.6. The molecule has 0 aliphatic heterocycles. The number of aliphatic hydroxyl groups is 1. The van der Waals surface area contributed by atoms with Crippen LogP contribution in [0, 0.1) is 5.92 Å². The molecule has 0 saturated heterocycles. The lowest BCUT2D eigenvalue weighted by atomic mass is 9.84. The summed E-state index contributed by atoms with van der Waals surface area (Å²) in [4.78, 5) is 0. The molecular weight excluding hydrogens is 208 g/mol. The molecule has 84 valence electrons. The van der Waals surface area contributed by atoms with E-state index in [4.69, 9.17) is 11.6 Å².